The van der Waals surface area contributed by atoms with Crippen molar-refractivity contribution in [3.05, 3.63) is 65.7 Å². The Labute approximate surface area is 214 Å². The Bertz CT molecular complexity index is 1480. The lowest BCUT2D eigenvalue weighted by atomic mass is 10.2. The molecule has 0 aliphatic carbocycles. The second-order valence-corrected chi connectivity index (χ2v) is 10.4. The predicted octanol–water partition coefficient (Wildman–Crippen LogP) is 2.62. The molecule has 194 valence electrons. The highest BCUT2D eigenvalue weighted by atomic mass is 32.2. The third kappa shape index (κ3) is 5.22. The summed E-state index contributed by atoms with van der Waals surface area (Å²) in [6.07, 6.45) is 1.84. The summed E-state index contributed by atoms with van der Waals surface area (Å²) in [5.74, 6) is 0.955. The lowest BCUT2D eigenvalue weighted by Crippen LogP contribution is -2.32. The molecule has 4 aromatic rings. The summed E-state index contributed by atoms with van der Waals surface area (Å²) in [4.78, 5) is 4.23. The number of hydrogen-bond donors (Lipinski definition) is 2. The molecular formula is C24H27N7O5S. The van der Waals surface area contributed by atoms with Gasteiger partial charge in [-0.05, 0) is 56.7 Å². The Kier molecular flexibility index (Phi) is 7.36. The summed E-state index contributed by atoms with van der Waals surface area (Å²) in [5.41, 5.74) is 2.61. The van der Waals surface area contributed by atoms with E-state index >= 15 is 0 Å². The number of nitrogens with zero attached hydrogens (tertiary/aromatic N) is 6. The fraction of sp³-hybridized carbons (Fsp3) is 0.292. The molecule has 2 atom stereocenters. The first-order valence-corrected chi connectivity index (χ1v) is 12.8. The lowest BCUT2D eigenvalue weighted by Gasteiger charge is -2.21. The van der Waals surface area contributed by atoms with Gasteiger partial charge >= 0.3 is 0 Å². The van der Waals surface area contributed by atoms with E-state index in [1.54, 1.807) is 43.6 Å². The first-order valence-electron chi connectivity index (χ1n) is 11.2. The van der Waals surface area contributed by atoms with Gasteiger partial charge in [0, 0.05) is 18.0 Å². The molecule has 37 heavy (non-hydrogen) atoms. The van der Waals surface area contributed by atoms with E-state index in [1.807, 2.05) is 13.0 Å². The van der Waals surface area contributed by atoms with Crippen LogP contribution in [0, 0.1) is 13.8 Å². The lowest BCUT2D eigenvalue weighted by molar-refractivity contribution is 0.170. The van der Waals surface area contributed by atoms with Crippen molar-refractivity contribution in [2.45, 2.75) is 32.1 Å². The number of aromatic nitrogens is 6. The Balaban J connectivity index is 1.83. The van der Waals surface area contributed by atoms with E-state index in [2.05, 4.69) is 30.1 Å². The van der Waals surface area contributed by atoms with Crippen LogP contribution < -0.4 is 14.2 Å². The topological polar surface area (TPSA) is 154 Å². The van der Waals surface area contributed by atoms with E-state index in [0.717, 1.165) is 5.56 Å². The number of sulfonamides is 1. The zero-order valence-electron chi connectivity index (χ0n) is 20.9. The van der Waals surface area contributed by atoms with Gasteiger partial charge in [0.15, 0.2) is 5.82 Å². The number of pyridine rings is 1. The first kappa shape index (κ1) is 26.0. The van der Waals surface area contributed by atoms with Crippen LogP contribution in [-0.2, 0) is 10.0 Å². The zero-order valence-corrected chi connectivity index (χ0v) is 21.8. The maximum absolute atomic E-state index is 13.4. The fourth-order valence-corrected chi connectivity index (χ4v) is 4.73. The minimum Gasteiger partial charge on any atom is -0.494 e. The van der Waals surface area contributed by atoms with Gasteiger partial charge < -0.3 is 14.6 Å². The van der Waals surface area contributed by atoms with Crippen molar-refractivity contribution in [3.8, 4) is 28.6 Å². The SMILES string of the molecule is COc1cccc(OC)c1-n1c(NS(=O)(=O)[C@H](C)[C@H](O)c2ccc(C)nn2)nnc1-c1cncc(C)c1. The van der Waals surface area contributed by atoms with Gasteiger partial charge in [-0.25, -0.2) is 8.42 Å². The third-order valence-electron chi connectivity index (χ3n) is 5.71. The van der Waals surface area contributed by atoms with Crippen LogP contribution in [0.25, 0.3) is 17.1 Å². The molecule has 4 rings (SSSR count). The highest BCUT2D eigenvalue weighted by Gasteiger charge is 2.33. The number of aryl methyl sites for hydroxylation is 2. The Morgan fingerprint density at radius 1 is 0.973 bits per heavy atom. The molecule has 0 bridgehead atoms. The van der Waals surface area contributed by atoms with Crippen LogP contribution in [0.5, 0.6) is 11.5 Å². The number of hydrogen-bond acceptors (Lipinski definition) is 10. The largest absolute Gasteiger partial charge is 0.494 e. The van der Waals surface area contributed by atoms with E-state index in [-0.39, 0.29) is 11.6 Å². The maximum Gasteiger partial charge on any atom is 0.243 e. The molecule has 0 fully saturated rings. The molecule has 12 nitrogen and oxygen atoms in total. The molecule has 1 aromatic carbocycles. The smallest absolute Gasteiger partial charge is 0.243 e. The standard InChI is InChI=1S/C24H27N7O5S/c1-14-11-17(13-25-12-14)23-28-29-24(31(23)21-19(35-4)7-6-8-20(21)36-5)30-37(33,34)16(3)22(32)18-10-9-15(2)26-27-18/h6-13,16,22,32H,1-5H3,(H,29,30)/t16-,22+/m1/s1. The molecule has 0 unspecified atom stereocenters. The van der Waals surface area contributed by atoms with E-state index in [9.17, 15) is 13.5 Å². The number of rotatable bonds is 9. The molecule has 0 spiro atoms. The second kappa shape index (κ2) is 10.5. The molecule has 0 aliphatic rings. The summed E-state index contributed by atoms with van der Waals surface area (Å²) in [6, 6.07) is 10.2. The van der Waals surface area contributed by atoms with E-state index in [4.69, 9.17) is 9.47 Å². The van der Waals surface area contributed by atoms with Gasteiger partial charge in [0.2, 0.25) is 16.0 Å². The van der Waals surface area contributed by atoms with Gasteiger partial charge in [-0.2, -0.15) is 10.2 Å². The van der Waals surface area contributed by atoms with Crippen LogP contribution in [0.3, 0.4) is 0 Å². The molecule has 13 heteroatoms. The third-order valence-corrected chi connectivity index (χ3v) is 7.41. The van der Waals surface area contributed by atoms with Gasteiger partial charge in [-0.1, -0.05) is 6.07 Å². The zero-order chi connectivity index (χ0) is 26.7. The Morgan fingerprint density at radius 3 is 2.27 bits per heavy atom. The maximum atomic E-state index is 13.4. The van der Waals surface area contributed by atoms with E-state index < -0.39 is 21.4 Å². The molecule has 3 heterocycles. The molecule has 3 aromatic heterocycles. The summed E-state index contributed by atoms with van der Waals surface area (Å²) < 4.78 is 41.9. The number of aliphatic hydroxyl groups is 1. The van der Waals surface area contributed by atoms with Crippen molar-refractivity contribution >= 4 is 16.0 Å². The fourth-order valence-electron chi connectivity index (χ4n) is 3.68. The number of methoxy groups -OCH3 is 2. The minimum atomic E-state index is -4.21. The normalized spacial score (nSPS) is 13.1. The number of benzene rings is 1. The average molecular weight is 526 g/mol. The van der Waals surface area contributed by atoms with Gasteiger partial charge in [0.1, 0.15) is 28.5 Å². The number of nitrogens with one attached hydrogen (secondary N) is 1. The molecule has 2 N–H and O–H groups in total. The highest BCUT2D eigenvalue weighted by Crippen LogP contribution is 2.38. The summed E-state index contributed by atoms with van der Waals surface area (Å²) in [6.45, 7) is 4.98. The first-order chi connectivity index (χ1) is 17.7. The van der Waals surface area contributed by atoms with Gasteiger partial charge in [-0.3, -0.25) is 14.3 Å². The van der Waals surface area contributed by atoms with Crippen LogP contribution >= 0.6 is 0 Å². The Morgan fingerprint density at radius 2 is 1.68 bits per heavy atom. The van der Waals surface area contributed by atoms with Gasteiger partial charge in [-0.15, -0.1) is 10.2 Å². The van der Waals surface area contributed by atoms with Crippen molar-refractivity contribution in [2.75, 3.05) is 18.9 Å². The number of ether oxygens (including phenoxy) is 2. The van der Waals surface area contributed by atoms with Crippen molar-refractivity contribution in [1.29, 1.82) is 0 Å². The molecule has 0 saturated heterocycles. The van der Waals surface area contributed by atoms with Crippen molar-refractivity contribution < 1.29 is 23.0 Å². The van der Waals surface area contributed by atoms with Crippen LogP contribution in [-0.4, -0.2) is 62.9 Å². The molecular weight excluding hydrogens is 498 g/mol. The van der Waals surface area contributed by atoms with Crippen LogP contribution in [0.2, 0.25) is 0 Å². The summed E-state index contributed by atoms with van der Waals surface area (Å²) >= 11 is 0. The number of anilines is 1. The Hall–Kier alpha value is -4.10. The van der Waals surface area contributed by atoms with Crippen LogP contribution in [0.4, 0.5) is 5.95 Å². The second-order valence-electron chi connectivity index (χ2n) is 8.34. The number of aliphatic hydroxyl groups excluding tert-OH is 1. The van der Waals surface area contributed by atoms with Crippen molar-refractivity contribution in [3.63, 3.8) is 0 Å². The van der Waals surface area contributed by atoms with Crippen molar-refractivity contribution in [2.24, 2.45) is 0 Å². The monoisotopic (exact) mass is 525 g/mol. The van der Waals surface area contributed by atoms with Crippen LogP contribution in [0.1, 0.15) is 30.0 Å². The molecule has 0 aliphatic heterocycles. The average Bonchev–Trinajstić information content (AvgIpc) is 3.29. The van der Waals surface area contributed by atoms with Gasteiger partial charge in [0.05, 0.1) is 25.6 Å². The van der Waals surface area contributed by atoms with E-state index in [1.165, 1.54) is 31.8 Å². The molecule has 0 amide bonds. The van der Waals surface area contributed by atoms with Crippen molar-refractivity contribution in [1.82, 2.24) is 29.9 Å². The van der Waals surface area contributed by atoms with Crippen LogP contribution in [0.15, 0.2) is 48.8 Å². The van der Waals surface area contributed by atoms with E-state index in [0.29, 0.717) is 34.3 Å². The number of para-hydroxylation sites is 1. The predicted molar refractivity (Wildman–Crippen MR) is 136 cm³/mol. The quantitative estimate of drug-likeness (QED) is 0.333. The summed E-state index contributed by atoms with van der Waals surface area (Å²) in [7, 11) is -1.23. The molecule has 0 saturated carbocycles. The highest BCUT2D eigenvalue weighted by molar-refractivity contribution is 7.93. The molecule has 0 radical (unpaired) electrons. The summed E-state index contributed by atoms with van der Waals surface area (Å²) in [5, 5.41) is 25.7. The van der Waals surface area contributed by atoms with Gasteiger partial charge in [0.25, 0.3) is 0 Å². The minimum absolute atomic E-state index is 0.128.